The van der Waals surface area contributed by atoms with Crippen LogP contribution in [0.5, 0.6) is 0 Å². The van der Waals surface area contributed by atoms with Crippen molar-refractivity contribution in [2.45, 2.75) is 17.5 Å². The normalized spacial score (nSPS) is 15.7. The van der Waals surface area contributed by atoms with Crippen LogP contribution in [0.15, 0.2) is 76.2 Å². The summed E-state index contributed by atoms with van der Waals surface area (Å²) in [6.45, 7) is 2.94. The highest BCUT2D eigenvalue weighted by Crippen LogP contribution is 2.22. The molecule has 8 nitrogen and oxygen atoms in total. The summed E-state index contributed by atoms with van der Waals surface area (Å²) in [5.41, 5.74) is 1.23. The fourth-order valence-electron chi connectivity index (χ4n) is 3.77. The fourth-order valence-corrected chi connectivity index (χ4v) is 4.76. The average Bonchev–Trinajstić information content (AvgIpc) is 3.39. The van der Waals surface area contributed by atoms with E-state index in [2.05, 4.69) is 14.9 Å². The molecule has 0 bridgehead atoms. The van der Waals surface area contributed by atoms with Crippen LogP contribution < -0.4 is 10.0 Å². The third kappa shape index (κ3) is 6.09. The number of ether oxygens (including phenoxy) is 1. The van der Waals surface area contributed by atoms with Crippen LogP contribution in [0.3, 0.4) is 0 Å². The highest BCUT2D eigenvalue weighted by Gasteiger charge is 2.24. The lowest BCUT2D eigenvalue weighted by atomic mass is 10.0. The molecule has 1 atom stereocenters. The van der Waals surface area contributed by atoms with Crippen molar-refractivity contribution in [1.29, 1.82) is 0 Å². The van der Waals surface area contributed by atoms with Gasteiger partial charge in [-0.05, 0) is 54.1 Å². The Hall–Kier alpha value is -3.05. The van der Waals surface area contributed by atoms with Gasteiger partial charge in [-0.15, -0.1) is 0 Å². The number of hydrogen-bond acceptors (Lipinski definition) is 6. The molecule has 0 radical (unpaired) electrons. The summed E-state index contributed by atoms with van der Waals surface area (Å²) in [6, 6.07) is 15.2. The van der Waals surface area contributed by atoms with Gasteiger partial charge in [0.05, 0.1) is 37.0 Å². The molecule has 3 aromatic rings. The van der Waals surface area contributed by atoms with E-state index >= 15 is 0 Å². The number of amides is 1. The first-order valence-electron chi connectivity index (χ1n) is 10.9. The van der Waals surface area contributed by atoms with Crippen LogP contribution >= 0.6 is 0 Å². The van der Waals surface area contributed by atoms with E-state index in [0.717, 1.165) is 5.56 Å². The first-order valence-corrected chi connectivity index (χ1v) is 12.4. The second-order valence-corrected chi connectivity index (χ2v) is 9.62. The molecule has 1 unspecified atom stereocenters. The van der Waals surface area contributed by atoms with Crippen molar-refractivity contribution in [2.24, 2.45) is 0 Å². The smallest absolute Gasteiger partial charge is 0.251 e. The van der Waals surface area contributed by atoms with E-state index in [0.29, 0.717) is 44.2 Å². The summed E-state index contributed by atoms with van der Waals surface area (Å²) in [5.74, 6) is -0.148. The van der Waals surface area contributed by atoms with Gasteiger partial charge in [-0.3, -0.25) is 9.69 Å². The van der Waals surface area contributed by atoms with Gasteiger partial charge >= 0.3 is 0 Å². The van der Waals surface area contributed by atoms with Crippen molar-refractivity contribution in [1.82, 2.24) is 14.9 Å². The van der Waals surface area contributed by atoms with Crippen LogP contribution in [0, 0.1) is 5.82 Å². The molecule has 180 valence electrons. The van der Waals surface area contributed by atoms with Crippen LogP contribution in [-0.2, 0) is 21.3 Å². The number of furan rings is 1. The second-order valence-electron chi connectivity index (χ2n) is 7.85. The van der Waals surface area contributed by atoms with E-state index in [1.54, 1.807) is 24.3 Å². The van der Waals surface area contributed by atoms with Crippen molar-refractivity contribution < 1.29 is 26.8 Å². The molecule has 1 aromatic heterocycles. The van der Waals surface area contributed by atoms with Crippen LogP contribution in [0.1, 0.15) is 27.7 Å². The molecule has 2 aromatic carbocycles. The number of rotatable bonds is 9. The molecule has 2 heterocycles. The highest BCUT2D eigenvalue weighted by atomic mass is 32.2. The minimum absolute atomic E-state index is 0.0316. The monoisotopic (exact) mass is 487 g/mol. The number of carbonyl (C=O) groups excluding carboxylic acids is 1. The SMILES string of the molecule is O=C(NCC(c1ccc(F)cc1)N1CCOCC1)c1ccc(S(=O)(=O)NCc2ccco2)cc1. The molecule has 34 heavy (non-hydrogen) atoms. The van der Waals surface area contributed by atoms with E-state index in [-0.39, 0.29) is 29.2 Å². The molecule has 4 rings (SSSR count). The van der Waals surface area contributed by atoms with Crippen LogP contribution in [-0.4, -0.2) is 52.1 Å². The number of carbonyl (C=O) groups is 1. The maximum Gasteiger partial charge on any atom is 0.251 e. The fraction of sp³-hybridized carbons (Fsp3) is 0.292. The highest BCUT2D eigenvalue weighted by molar-refractivity contribution is 7.89. The minimum Gasteiger partial charge on any atom is -0.468 e. The Labute approximate surface area is 197 Å². The van der Waals surface area contributed by atoms with Gasteiger partial charge < -0.3 is 14.5 Å². The number of morpholine rings is 1. The summed E-state index contributed by atoms with van der Waals surface area (Å²) in [5, 5.41) is 2.92. The van der Waals surface area contributed by atoms with Gasteiger partial charge in [0.1, 0.15) is 11.6 Å². The number of nitrogens with one attached hydrogen (secondary N) is 2. The van der Waals surface area contributed by atoms with E-state index in [9.17, 15) is 17.6 Å². The van der Waals surface area contributed by atoms with E-state index in [1.165, 1.54) is 42.7 Å². The van der Waals surface area contributed by atoms with E-state index < -0.39 is 10.0 Å². The average molecular weight is 488 g/mol. The summed E-state index contributed by atoms with van der Waals surface area (Å²) in [7, 11) is -3.75. The van der Waals surface area contributed by atoms with Crippen LogP contribution in [0.2, 0.25) is 0 Å². The molecule has 1 saturated heterocycles. The second kappa shape index (κ2) is 10.9. The Morgan fingerprint density at radius 2 is 1.74 bits per heavy atom. The van der Waals surface area contributed by atoms with Gasteiger partial charge in [0, 0.05) is 25.2 Å². The van der Waals surface area contributed by atoms with Gasteiger partial charge in [0.15, 0.2) is 0 Å². The standard InChI is InChI=1S/C24H26FN3O5S/c25-20-7-3-18(4-8-20)23(28-11-14-32-15-12-28)17-26-24(29)19-5-9-22(10-6-19)34(30,31)27-16-21-2-1-13-33-21/h1-10,13,23,27H,11-12,14-17H2,(H,26,29). The quantitative estimate of drug-likeness (QED) is 0.481. The number of benzene rings is 2. The van der Waals surface area contributed by atoms with Crippen molar-refractivity contribution in [3.05, 3.63) is 89.6 Å². The lowest BCUT2D eigenvalue weighted by Gasteiger charge is -2.35. The minimum atomic E-state index is -3.75. The van der Waals surface area contributed by atoms with Gasteiger partial charge in [-0.25, -0.2) is 17.5 Å². The van der Waals surface area contributed by atoms with Crippen molar-refractivity contribution in [3.8, 4) is 0 Å². The van der Waals surface area contributed by atoms with Crippen LogP contribution in [0.25, 0.3) is 0 Å². The molecule has 0 aliphatic carbocycles. The Kier molecular flexibility index (Phi) is 7.73. The predicted octanol–water partition coefficient (Wildman–Crippen LogP) is 2.70. The zero-order valence-corrected chi connectivity index (χ0v) is 19.3. The molecule has 0 saturated carbocycles. The predicted molar refractivity (Wildman–Crippen MR) is 123 cm³/mol. The summed E-state index contributed by atoms with van der Waals surface area (Å²) in [4.78, 5) is 15.0. The van der Waals surface area contributed by atoms with Gasteiger partial charge in [-0.1, -0.05) is 12.1 Å². The van der Waals surface area contributed by atoms with Crippen molar-refractivity contribution in [2.75, 3.05) is 32.8 Å². The third-order valence-electron chi connectivity index (χ3n) is 5.64. The maximum absolute atomic E-state index is 13.4. The lowest BCUT2D eigenvalue weighted by Crippen LogP contribution is -2.43. The zero-order chi connectivity index (χ0) is 24.0. The Morgan fingerprint density at radius 3 is 2.38 bits per heavy atom. The van der Waals surface area contributed by atoms with Gasteiger partial charge in [0.25, 0.3) is 5.91 Å². The third-order valence-corrected chi connectivity index (χ3v) is 7.06. The van der Waals surface area contributed by atoms with Gasteiger partial charge in [0.2, 0.25) is 10.0 Å². The maximum atomic E-state index is 13.4. The largest absolute Gasteiger partial charge is 0.468 e. The summed E-state index contributed by atoms with van der Waals surface area (Å²) < 4.78 is 51.4. The Balaban J connectivity index is 1.40. The molecule has 2 N–H and O–H groups in total. The first kappa shape index (κ1) is 24.1. The topological polar surface area (TPSA) is 101 Å². The molecule has 1 fully saturated rings. The number of nitrogens with zero attached hydrogens (tertiary/aromatic N) is 1. The molecule has 10 heteroatoms. The Morgan fingerprint density at radius 1 is 1.03 bits per heavy atom. The van der Waals surface area contributed by atoms with E-state index in [4.69, 9.17) is 9.15 Å². The lowest BCUT2D eigenvalue weighted by molar-refractivity contribution is 0.0162. The zero-order valence-electron chi connectivity index (χ0n) is 18.4. The molecular formula is C24H26FN3O5S. The molecule has 1 aliphatic heterocycles. The molecule has 1 aliphatic rings. The first-order chi connectivity index (χ1) is 16.4. The molecular weight excluding hydrogens is 461 g/mol. The van der Waals surface area contributed by atoms with Gasteiger partial charge in [-0.2, -0.15) is 0 Å². The summed E-state index contributed by atoms with van der Waals surface area (Å²) >= 11 is 0. The summed E-state index contributed by atoms with van der Waals surface area (Å²) in [6.07, 6.45) is 1.47. The van der Waals surface area contributed by atoms with Crippen molar-refractivity contribution in [3.63, 3.8) is 0 Å². The number of sulfonamides is 1. The number of hydrogen-bond donors (Lipinski definition) is 2. The van der Waals surface area contributed by atoms with Crippen molar-refractivity contribution >= 4 is 15.9 Å². The van der Waals surface area contributed by atoms with Crippen LogP contribution in [0.4, 0.5) is 4.39 Å². The molecule has 1 amide bonds. The Bertz CT molecular complexity index is 1180. The van der Waals surface area contributed by atoms with E-state index in [1.807, 2.05) is 0 Å². The number of halogens is 1. The molecule has 0 spiro atoms.